The van der Waals surface area contributed by atoms with E-state index in [2.05, 4.69) is 22.1 Å². The first kappa shape index (κ1) is 23.5. The highest BCUT2D eigenvalue weighted by atomic mass is 35.5. The van der Waals surface area contributed by atoms with Crippen molar-refractivity contribution in [3.8, 4) is 0 Å². The summed E-state index contributed by atoms with van der Waals surface area (Å²) in [6.45, 7) is 2.28. The van der Waals surface area contributed by atoms with Gasteiger partial charge in [0.15, 0.2) is 5.65 Å². The molecule has 2 fully saturated rings. The molecule has 3 heterocycles. The van der Waals surface area contributed by atoms with E-state index in [1.165, 1.54) is 18.4 Å². The highest BCUT2D eigenvalue weighted by Crippen LogP contribution is 2.45. The molecule has 31 heavy (non-hydrogen) atoms. The number of likely N-dealkylation sites (tertiary alicyclic amines) is 1. The Hall–Kier alpha value is -2.15. The standard InChI is InChI=1S/C23H27N5O.2ClH/c24-20-7-4-8-23(20)9-11-27(12-10-23)22(29)18-13-19-21(25-14-18)28(16-26-19)15-17-5-2-1-3-6-17;;/h1-3,5-6,13-14,16,20H,4,7-12,15,24H2;2*1H. The molecule has 1 aliphatic heterocycles. The zero-order valence-corrected chi connectivity index (χ0v) is 19.1. The van der Waals surface area contributed by atoms with Gasteiger partial charge in [-0.3, -0.25) is 4.79 Å². The lowest BCUT2D eigenvalue weighted by Crippen LogP contribution is -2.48. The number of amides is 1. The summed E-state index contributed by atoms with van der Waals surface area (Å²) < 4.78 is 2.02. The second kappa shape index (κ2) is 9.55. The Bertz CT molecular complexity index is 1030. The predicted molar refractivity (Wildman–Crippen MR) is 127 cm³/mol. The Labute approximate surface area is 195 Å². The Morgan fingerprint density at radius 1 is 1.10 bits per heavy atom. The first-order valence-electron chi connectivity index (χ1n) is 10.5. The molecule has 1 amide bonds. The maximum atomic E-state index is 13.0. The molecule has 5 rings (SSSR count). The SMILES string of the molecule is Cl.Cl.NC1CCCC12CCN(C(=O)c1cnc3c(c1)ncn3Cc1ccccc1)CC2. The van der Waals surface area contributed by atoms with Crippen molar-refractivity contribution in [3.05, 3.63) is 60.0 Å². The molecule has 1 spiro atoms. The molecule has 2 N–H and O–H groups in total. The average molecular weight is 462 g/mol. The number of hydrogen-bond donors (Lipinski definition) is 1. The van der Waals surface area contributed by atoms with Crippen LogP contribution in [-0.2, 0) is 6.54 Å². The van der Waals surface area contributed by atoms with Crippen LogP contribution in [-0.4, -0.2) is 44.5 Å². The second-order valence-corrected chi connectivity index (χ2v) is 8.58. The first-order valence-corrected chi connectivity index (χ1v) is 10.5. The van der Waals surface area contributed by atoms with E-state index < -0.39 is 0 Å². The van der Waals surface area contributed by atoms with Gasteiger partial charge in [0.25, 0.3) is 5.91 Å². The maximum absolute atomic E-state index is 13.0. The highest BCUT2D eigenvalue weighted by molar-refractivity contribution is 5.96. The molecule has 0 radical (unpaired) electrons. The van der Waals surface area contributed by atoms with Crippen molar-refractivity contribution < 1.29 is 4.79 Å². The Kier molecular flexibility index (Phi) is 7.24. The monoisotopic (exact) mass is 461 g/mol. The molecule has 1 unspecified atom stereocenters. The van der Waals surface area contributed by atoms with Crippen LogP contribution in [0.25, 0.3) is 11.2 Å². The Morgan fingerprint density at radius 3 is 2.52 bits per heavy atom. The fourth-order valence-corrected chi connectivity index (χ4v) is 5.09. The van der Waals surface area contributed by atoms with E-state index >= 15 is 0 Å². The number of carbonyl (C=O) groups excluding carboxylic acids is 1. The van der Waals surface area contributed by atoms with Crippen LogP contribution in [0.5, 0.6) is 0 Å². The molecule has 1 aliphatic carbocycles. The highest BCUT2D eigenvalue weighted by Gasteiger charge is 2.43. The largest absolute Gasteiger partial charge is 0.339 e. The summed E-state index contributed by atoms with van der Waals surface area (Å²) in [6, 6.07) is 12.4. The lowest BCUT2D eigenvalue weighted by Gasteiger charge is -2.42. The van der Waals surface area contributed by atoms with E-state index in [1.807, 2.05) is 33.7 Å². The van der Waals surface area contributed by atoms with Crippen LogP contribution in [0.1, 0.15) is 48.0 Å². The van der Waals surface area contributed by atoms with Gasteiger partial charge in [0, 0.05) is 25.3 Å². The number of benzene rings is 1. The minimum absolute atomic E-state index is 0. The van der Waals surface area contributed by atoms with Gasteiger partial charge in [-0.25, -0.2) is 9.97 Å². The van der Waals surface area contributed by atoms with Crippen LogP contribution in [0.3, 0.4) is 0 Å². The third-order valence-electron chi connectivity index (χ3n) is 6.92. The molecular weight excluding hydrogens is 433 g/mol. The smallest absolute Gasteiger partial charge is 0.255 e. The number of nitrogens with zero attached hydrogens (tertiary/aromatic N) is 4. The van der Waals surface area contributed by atoms with Crippen LogP contribution in [0.2, 0.25) is 0 Å². The van der Waals surface area contributed by atoms with Gasteiger partial charge < -0.3 is 15.2 Å². The Morgan fingerprint density at radius 2 is 1.84 bits per heavy atom. The molecule has 0 bridgehead atoms. The van der Waals surface area contributed by atoms with E-state index in [0.29, 0.717) is 18.2 Å². The molecule has 2 aromatic heterocycles. The number of halogens is 2. The summed E-state index contributed by atoms with van der Waals surface area (Å²) in [5.74, 6) is 0.0541. The summed E-state index contributed by atoms with van der Waals surface area (Å²) >= 11 is 0. The quantitative estimate of drug-likeness (QED) is 0.637. The molecule has 1 atom stereocenters. The summed E-state index contributed by atoms with van der Waals surface area (Å²) in [4.78, 5) is 24.1. The fraction of sp³-hybridized carbons (Fsp3) is 0.435. The molecule has 2 aliphatic rings. The number of rotatable bonds is 3. The average Bonchev–Trinajstić information content (AvgIpc) is 3.32. The molecule has 8 heteroatoms. The molecular formula is C23H29Cl2N5O. The normalized spacial score (nSPS) is 19.8. The first-order chi connectivity index (χ1) is 14.1. The maximum Gasteiger partial charge on any atom is 0.255 e. The van der Waals surface area contributed by atoms with Gasteiger partial charge in [-0.1, -0.05) is 36.8 Å². The topological polar surface area (TPSA) is 77.0 Å². The van der Waals surface area contributed by atoms with E-state index in [9.17, 15) is 4.79 Å². The predicted octanol–water partition coefficient (Wildman–Crippen LogP) is 4.06. The van der Waals surface area contributed by atoms with Gasteiger partial charge in [0.05, 0.1) is 18.4 Å². The van der Waals surface area contributed by atoms with E-state index in [1.54, 1.807) is 12.5 Å². The van der Waals surface area contributed by atoms with Gasteiger partial charge in [-0.05, 0) is 42.7 Å². The third kappa shape index (κ3) is 4.43. The number of aromatic nitrogens is 3. The van der Waals surface area contributed by atoms with Crippen LogP contribution in [0.15, 0.2) is 48.9 Å². The van der Waals surface area contributed by atoms with Gasteiger partial charge in [0.1, 0.15) is 5.52 Å². The summed E-state index contributed by atoms with van der Waals surface area (Å²) in [7, 11) is 0. The molecule has 166 valence electrons. The zero-order valence-electron chi connectivity index (χ0n) is 17.4. The molecule has 1 saturated heterocycles. The van der Waals surface area contributed by atoms with Gasteiger partial charge in [-0.2, -0.15) is 0 Å². The van der Waals surface area contributed by atoms with Crippen molar-refractivity contribution in [2.75, 3.05) is 13.1 Å². The second-order valence-electron chi connectivity index (χ2n) is 8.58. The van der Waals surface area contributed by atoms with Crippen molar-refractivity contribution in [1.29, 1.82) is 0 Å². The van der Waals surface area contributed by atoms with Crippen LogP contribution >= 0.6 is 24.8 Å². The van der Waals surface area contributed by atoms with Crippen LogP contribution in [0, 0.1) is 5.41 Å². The van der Waals surface area contributed by atoms with Crippen molar-refractivity contribution >= 4 is 41.9 Å². The molecule has 1 saturated carbocycles. The Balaban J connectivity index is 0.00000136. The van der Waals surface area contributed by atoms with Crippen molar-refractivity contribution in [2.24, 2.45) is 11.1 Å². The van der Waals surface area contributed by atoms with Crippen LogP contribution < -0.4 is 5.73 Å². The molecule has 6 nitrogen and oxygen atoms in total. The van der Waals surface area contributed by atoms with Crippen molar-refractivity contribution in [3.63, 3.8) is 0 Å². The summed E-state index contributed by atoms with van der Waals surface area (Å²) in [6.07, 6.45) is 9.08. The minimum Gasteiger partial charge on any atom is -0.339 e. The summed E-state index contributed by atoms with van der Waals surface area (Å²) in [5.41, 5.74) is 10.0. The number of imidazole rings is 1. The minimum atomic E-state index is 0. The van der Waals surface area contributed by atoms with E-state index in [0.717, 1.165) is 43.5 Å². The lowest BCUT2D eigenvalue weighted by atomic mass is 9.74. The number of hydrogen-bond acceptors (Lipinski definition) is 4. The number of fused-ring (bicyclic) bond motifs is 1. The van der Waals surface area contributed by atoms with E-state index in [-0.39, 0.29) is 36.1 Å². The van der Waals surface area contributed by atoms with Crippen molar-refractivity contribution in [2.45, 2.75) is 44.7 Å². The number of pyridine rings is 1. The third-order valence-corrected chi connectivity index (χ3v) is 6.92. The van der Waals surface area contributed by atoms with Gasteiger partial charge >= 0.3 is 0 Å². The number of piperidine rings is 1. The zero-order chi connectivity index (χ0) is 19.8. The van der Waals surface area contributed by atoms with E-state index in [4.69, 9.17) is 5.73 Å². The van der Waals surface area contributed by atoms with Gasteiger partial charge in [0.2, 0.25) is 0 Å². The molecule has 3 aromatic rings. The van der Waals surface area contributed by atoms with Crippen molar-refractivity contribution in [1.82, 2.24) is 19.4 Å². The number of nitrogens with two attached hydrogens (primary N) is 1. The summed E-state index contributed by atoms with van der Waals surface area (Å²) in [5, 5.41) is 0. The van der Waals surface area contributed by atoms with Crippen LogP contribution in [0.4, 0.5) is 0 Å². The lowest BCUT2D eigenvalue weighted by molar-refractivity contribution is 0.0556. The van der Waals surface area contributed by atoms with Gasteiger partial charge in [-0.15, -0.1) is 24.8 Å². The number of carbonyl (C=O) groups is 1. The molecule has 1 aromatic carbocycles. The fourth-order valence-electron chi connectivity index (χ4n) is 5.09.